The Hall–Kier alpha value is -1.19. The van der Waals surface area contributed by atoms with Crippen molar-refractivity contribution in [3.05, 3.63) is 41.6 Å². The molecule has 0 spiro atoms. The Balaban J connectivity index is 2.52. The maximum Gasteiger partial charge on any atom is 0.0555 e. The van der Waals surface area contributed by atoms with E-state index in [1.165, 1.54) is 27.5 Å². The lowest BCUT2D eigenvalue weighted by atomic mass is 10.0. The molecule has 0 fully saturated rings. The van der Waals surface area contributed by atoms with Gasteiger partial charge in [-0.15, -0.1) is 0 Å². The molecule has 1 heterocycles. The van der Waals surface area contributed by atoms with E-state index in [4.69, 9.17) is 5.73 Å². The molecule has 0 radical (unpaired) electrons. The van der Waals surface area contributed by atoms with E-state index in [1.807, 2.05) is 26.0 Å². The number of nitrogens with two attached hydrogens (primary N) is 1. The number of nitrogens with zero attached hydrogens (tertiary/aromatic N) is 1. The fourth-order valence-electron chi connectivity index (χ4n) is 1.61. The van der Waals surface area contributed by atoms with Crippen molar-refractivity contribution in [1.82, 2.24) is 4.37 Å². The van der Waals surface area contributed by atoms with E-state index in [2.05, 4.69) is 22.6 Å². The molecule has 2 rings (SSSR count). The first kappa shape index (κ1) is 10.3. The summed E-state index contributed by atoms with van der Waals surface area (Å²) in [6, 6.07) is 10.4. The second-order valence-corrected chi connectivity index (χ2v) is 4.51. The summed E-state index contributed by atoms with van der Waals surface area (Å²) in [5.74, 6) is 0. The third kappa shape index (κ3) is 2.08. The minimum Gasteiger partial charge on any atom is -0.324 e. The SMILES string of the molecule is Cc1cc(-c2ccccc2C(C)N)sn1. The third-order valence-electron chi connectivity index (χ3n) is 2.34. The highest BCUT2D eigenvalue weighted by Gasteiger charge is 2.09. The van der Waals surface area contributed by atoms with Gasteiger partial charge in [-0.2, -0.15) is 4.37 Å². The summed E-state index contributed by atoms with van der Waals surface area (Å²) in [5.41, 5.74) is 9.40. The number of rotatable bonds is 2. The minimum absolute atomic E-state index is 0.0589. The van der Waals surface area contributed by atoms with Crippen molar-refractivity contribution in [2.75, 3.05) is 0 Å². The summed E-state index contributed by atoms with van der Waals surface area (Å²) >= 11 is 1.53. The van der Waals surface area contributed by atoms with E-state index in [-0.39, 0.29) is 6.04 Å². The van der Waals surface area contributed by atoms with Crippen molar-refractivity contribution >= 4 is 11.5 Å². The molecule has 78 valence electrons. The number of hydrogen-bond donors (Lipinski definition) is 1. The quantitative estimate of drug-likeness (QED) is 0.841. The molecular formula is C12H14N2S. The molecule has 1 unspecified atom stereocenters. The molecule has 0 aliphatic carbocycles. The van der Waals surface area contributed by atoms with E-state index in [0.29, 0.717) is 0 Å². The van der Waals surface area contributed by atoms with Crippen LogP contribution in [0.3, 0.4) is 0 Å². The maximum atomic E-state index is 5.94. The lowest BCUT2D eigenvalue weighted by Crippen LogP contribution is -2.05. The molecule has 0 bridgehead atoms. The van der Waals surface area contributed by atoms with Crippen LogP contribution in [0, 0.1) is 6.92 Å². The minimum atomic E-state index is 0.0589. The van der Waals surface area contributed by atoms with E-state index in [0.717, 1.165) is 5.69 Å². The average Bonchev–Trinajstić information content (AvgIpc) is 2.65. The molecule has 1 aromatic carbocycles. The zero-order chi connectivity index (χ0) is 10.8. The average molecular weight is 218 g/mol. The van der Waals surface area contributed by atoms with Gasteiger partial charge in [-0.1, -0.05) is 24.3 Å². The van der Waals surface area contributed by atoms with Crippen LogP contribution in [0.5, 0.6) is 0 Å². The highest BCUT2D eigenvalue weighted by atomic mass is 32.1. The fourth-order valence-corrected chi connectivity index (χ4v) is 2.41. The molecule has 3 heteroatoms. The Morgan fingerprint density at radius 2 is 2.07 bits per heavy atom. The predicted molar refractivity (Wildman–Crippen MR) is 64.9 cm³/mol. The largest absolute Gasteiger partial charge is 0.324 e. The van der Waals surface area contributed by atoms with Gasteiger partial charge in [0.2, 0.25) is 0 Å². The van der Waals surface area contributed by atoms with Crippen LogP contribution in [0.15, 0.2) is 30.3 Å². The number of hydrogen-bond acceptors (Lipinski definition) is 3. The molecule has 2 nitrogen and oxygen atoms in total. The van der Waals surface area contributed by atoms with Crippen LogP contribution >= 0.6 is 11.5 Å². The van der Waals surface area contributed by atoms with Gasteiger partial charge in [0.05, 0.1) is 10.6 Å². The van der Waals surface area contributed by atoms with Crippen LogP contribution in [0.25, 0.3) is 10.4 Å². The van der Waals surface area contributed by atoms with Gasteiger partial charge >= 0.3 is 0 Å². The summed E-state index contributed by atoms with van der Waals surface area (Å²) in [7, 11) is 0. The number of aromatic nitrogens is 1. The van der Waals surface area contributed by atoms with E-state index in [1.54, 1.807) is 0 Å². The standard InChI is InChI=1S/C12H14N2S/c1-8-7-12(15-14-8)11-6-4-3-5-10(11)9(2)13/h3-7,9H,13H2,1-2H3. The zero-order valence-corrected chi connectivity index (χ0v) is 9.71. The smallest absolute Gasteiger partial charge is 0.0555 e. The molecule has 15 heavy (non-hydrogen) atoms. The monoisotopic (exact) mass is 218 g/mol. The first-order chi connectivity index (χ1) is 7.18. The Labute approximate surface area is 93.9 Å². The van der Waals surface area contributed by atoms with Crippen molar-refractivity contribution < 1.29 is 0 Å². The number of aryl methyl sites for hydroxylation is 1. The second-order valence-electron chi connectivity index (χ2n) is 3.71. The molecule has 0 saturated carbocycles. The van der Waals surface area contributed by atoms with Gasteiger partial charge in [-0.05, 0) is 42.6 Å². The Morgan fingerprint density at radius 1 is 1.33 bits per heavy atom. The summed E-state index contributed by atoms with van der Waals surface area (Å²) in [6.07, 6.45) is 0. The van der Waals surface area contributed by atoms with Crippen LogP contribution in [0.1, 0.15) is 24.2 Å². The molecule has 2 N–H and O–H groups in total. The Bertz CT molecular complexity index is 460. The summed E-state index contributed by atoms with van der Waals surface area (Å²) < 4.78 is 4.29. The molecular weight excluding hydrogens is 204 g/mol. The van der Waals surface area contributed by atoms with Crippen LogP contribution in [-0.2, 0) is 0 Å². The van der Waals surface area contributed by atoms with Gasteiger partial charge in [-0.25, -0.2) is 0 Å². The van der Waals surface area contributed by atoms with Crippen molar-refractivity contribution in [3.63, 3.8) is 0 Å². The van der Waals surface area contributed by atoms with Crippen molar-refractivity contribution in [2.45, 2.75) is 19.9 Å². The van der Waals surface area contributed by atoms with Crippen LogP contribution in [-0.4, -0.2) is 4.37 Å². The fraction of sp³-hybridized carbons (Fsp3) is 0.250. The van der Waals surface area contributed by atoms with Gasteiger partial charge in [0, 0.05) is 6.04 Å². The second kappa shape index (κ2) is 4.13. The third-order valence-corrected chi connectivity index (χ3v) is 3.26. The lowest BCUT2D eigenvalue weighted by Gasteiger charge is -2.10. The number of benzene rings is 1. The highest BCUT2D eigenvalue weighted by molar-refractivity contribution is 7.09. The van der Waals surface area contributed by atoms with Gasteiger partial charge in [0.25, 0.3) is 0 Å². The molecule has 0 amide bonds. The molecule has 1 aromatic heterocycles. The zero-order valence-electron chi connectivity index (χ0n) is 8.90. The summed E-state index contributed by atoms with van der Waals surface area (Å²) in [6.45, 7) is 4.02. The van der Waals surface area contributed by atoms with Crippen molar-refractivity contribution in [1.29, 1.82) is 0 Å². The van der Waals surface area contributed by atoms with E-state index in [9.17, 15) is 0 Å². The first-order valence-corrected chi connectivity index (χ1v) is 5.74. The van der Waals surface area contributed by atoms with Gasteiger partial charge in [-0.3, -0.25) is 0 Å². The molecule has 0 aliphatic heterocycles. The van der Waals surface area contributed by atoms with Crippen molar-refractivity contribution in [2.24, 2.45) is 5.73 Å². The summed E-state index contributed by atoms with van der Waals surface area (Å²) in [4.78, 5) is 1.19. The molecule has 0 aliphatic rings. The van der Waals surface area contributed by atoms with E-state index >= 15 is 0 Å². The first-order valence-electron chi connectivity index (χ1n) is 4.96. The maximum absolute atomic E-state index is 5.94. The van der Waals surface area contributed by atoms with Crippen molar-refractivity contribution in [3.8, 4) is 10.4 Å². The van der Waals surface area contributed by atoms with Gasteiger partial charge in [0.1, 0.15) is 0 Å². The van der Waals surface area contributed by atoms with Gasteiger partial charge in [0.15, 0.2) is 0 Å². The Kier molecular flexibility index (Phi) is 2.84. The molecule has 2 aromatic rings. The van der Waals surface area contributed by atoms with Crippen LogP contribution in [0.4, 0.5) is 0 Å². The summed E-state index contributed by atoms with van der Waals surface area (Å²) in [5, 5.41) is 0. The highest BCUT2D eigenvalue weighted by Crippen LogP contribution is 2.30. The van der Waals surface area contributed by atoms with Gasteiger partial charge < -0.3 is 5.73 Å². The topological polar surface area (TPSA) is 38.9 Å². The van der Waals surface area contributed by atoms with Crippen LogP contribution in [0.2, 0.25) is 0 Å². The lowest BCUT2D eigenvalue weighted by molar-refractivity contribution is 0.821. The molecule has 0 saturated heterocycles. The normalized spacial score (nSPS) is 12.7. The molecule has 1 atom stereocenters. The Morgan fingerprint density at radius 3 is 2.67 bits per heavy atom. The van der Waals surface area contributed by atoms with E-state index < -0.39 is 0 Å². The predicted octanol–water partition coefficient (Wildman–Crippen LogP) is 3.14. The van der Waals surface area contributed by atoms with Crippen LogP contribution < -0.4 is 5.73 Å².